The maximum absolute atomic E-state index is 11.7. The van der Waals surface area contributed by atoms with Gasteiger partial charge in [-0.15, -0.1) is 0 Å². The van der Waals surface area contributed by atoms with Crippen LogP contribution in [0, 0.1) is 0 Å². The van der Waals surface area contributed by atoms with Crippen molar-refractivity contribution in [3.8, 4) is 0 Å². The van der Waals surface area contributed by atoms with Crippen LogP contribution in [0.15, 0.2) is 4.99 Å². The lowest BCUT2D eigenvalue weighted by atomic mass is 10.2. The van der Waals surface area contributed by atoms with Crippen molar-refractivity contribution in [2.24, 2.45) is 4.99 Å². The molecule has 1 saturated heterocycles. The molecule has 23 heavy (non-hydrogen) atoms. The summed E-state index contributed by atoms with van der Waals surface area (Å²) in [5.41, 5.74) is 0. The van der Waals surface area contributed by atoms with Crippen molar-refractivity contribution in [3.63, 3.8) is 0 Å². The van der Waals surface area contributed by atoms with Crippen molar-refractivity contribution in [1.82, 2.24) is 19.8 Å². The van der Waals surface area contributed by atoms with Crippen molar-refractivity contribution in [2.45, 2.75) is 46.2 Å². The molecule has 0 atom stereocenters. The van der Waals surface area contributed by atoms with Gasteiger partial charge < -0.3 is 10.6 Å². The molecule has 0 aromatic heterocycles. The summed E-state index contributed by atoms with van der Waals surface area (Å²) in [5.74, 6) is 0.995. The average molecular weight is 348 g/mol. The average Bonchev–Trinajstić information content (AvgIpc) is 2.79. The summed E-state index contributed by atoms with van der Waals surface area (Å²) in [5, 5.41) is 6.47. The van der Waals surface area contributed by atoms with Crippen LogP contribution >= 0.6 is 0 Å². The number of sulfonamides is 1. The molecule has 0 amide bonds. The van der Waals surface area contributed by atoms with Gasteiger partial charge in [0.05, 0.1) is 5.75 Å². The third-order valence-corrected chi connectivity index (χ3v) is 6.03. The molecule has 0 saturated carbocycles. The van der Waals surface area contributed by atoms with Gasteiger partial charge >= 0.3 is 0 Å². The van der Waals surface area contributed by atoms with E-state index in [1.54, 1.807) is 11.4 Å². The number of rotatable bonds is 8. The van der Waals surface area contributed by atoms with E-state index in [-0.39, 0.29) is 5.75 Å². The van der Waals surface area contributed by atoms with Gasteiger partial charge in [0.2, 0.25) is 10.0 Å². The van der Waals surface area contributed by atoms with Crippen LogP contribution < -0.4 is 10.6 Å². The molecule has 0 aromatic carbocycles. The minimum atomic E-state index is -3.01. The summed E-state index contributed by atoms with van der Waals surface area (Å²) < 4.78 is 25.0. The first-order valence-electron chi connectivity index (χ1n) is 8.46. The highest BCUT2D eigenvalue weighted by atomic mass is 32.2. The molecule has 1 fully saturated rings. The largest absolute Gasteiger partial charge is 0.355 e. The molecule has 2 N–H and O–H groups in total. The smallest absolute Gasteiger partial charge is 0.214 e. The van der Waals surface area contributed by atoms with Gasteiger partial charge in [0.1, 0.15) is 0 Å². The van der Waals surface area contributed by atoms with Crippen LogP contribution in [0.2, 0.25) is 0 Å². The van der Waals surface area contributed by atoms with Crippen LogP contribution in [-0.4, -0.2) is 81.2 Å². The predicted octanol–water partition coefficient (Wildman–Crippen LogP) is 0.306. The minimum absolute atomic E-state index is 0.278. The van der Waals surface area contributed by atoms with Gasteiger partial charge in [-0.3, -0.25) is 9.89 Å². The van der Waals surface area contributed by atoms with Crippen molar-refractivity contribution in [1.29, 1.82) is 0 Å². The van der Waals surface area contributed by atoms with E-state index < -0.39 is 10.0 Å². The van der Waals surface area contributed by atoms with E-state index in [0.29, 0.717) is 37.7 Å². The Morgan fingerprint density at radius 3 is 2.26 bits per heavy atom. The van der Waals surface area contributed by atoms with Crippen molar-refractivity contribution in [2.75, 3.05) is 45.5 Å². The van der Waals surface area contributed by atoms with Gasteiger partial charge in [-0.1, -0.05) is 0 Å². The highest BCUT2D eigenvalue weighted by Gasteiger charge is 2.27. The Morgan fingerprint density at radius 2 is 1.78 bits per heavy atom. The first-order chi connectivity index (χ1) is 10.8. The van der Waals surface area contributed by atoms with Gasteiger partial charge in [0.15, 0.2) is 5.96 Å². The zero-order valence-electron chi connectivity index (χ0n) is 15.2. The first-order valence-corrected chi connectivity index (χ1v) is 10.1. The van der Waals surface area contributed by atoms with Crippen LogP contribution in [0.5, 0.6) is 0 Å². The summed E-state index contributed by atoms with van der Waals surface area (Å²) in [4.78, 5) is 6.60. The molecular formula is C15H33N5O2S. The Morgan fingerprint density at radius 1 is 1.17 bits per heavy atom. The lowest BCUT2D eigenvalue weighted by Crippen LogP contribution is -2.46. The summed E-state index contributed by atoms with van der Waals surface area (Å²) in [6.45, 7) is 12.2. The third kappa shape index (κ3) is 6.64. The second kappa shape index (κ2) is 9.44. The molecule has 0 bridgehead atoms. The molecule has 0 spiro atoms. The molecule has 0 unspecified atom stereocenters. The van der Waals surface area contributed by atoms with E-state index in [1.807, 2.05) is 0 Å². The zero-order chi connectivity index (χ0) is 17.5. The Bertz CT molecular complexity index is 468. The monoisotopic (exact) mass is 347 g/mol. The second-order valence-electron chi connectivity index (χ2n) is 6.42. The van der Waals surface area contributed by atoms with E-state index in [9.17, 15) is 8.42 Å². The van der Waals surface area contributed by atoms with E-state index in [1.165, 1.54) is 0 Å². The summed E-state index contributed by atoms with van der Waals surface area (Å²) in [7, 11) is -1.29. The van der Waals surface area contributed by atoms with Crippen molar-refractivity contribution < 1.29 is 8.42 Å². The lowest BCUT2D eigenvalue weighted by molar-refractivity contribution is 0.178. The SMILES string of the molecule is CN=C(NCCN(C(C)C)C(C)C)NCCN1CCCS1(=O)=O. The number of hydrogen-bond acceptors (Lipinski definition) is 4. The lowest BCUT2D eigenvalue weighted by Gasteiger charge is -2.30. The maximum atomic E-state index is 11.7. The molecular weight excluding hydrogens is 314 g/mol. The molecule has 0 radical (unpaired) electrons. The summed E-state index contributed by atoms with van der Waals surface area (Å²) >= 11 is 0. The standard InChI is InChI=1S/C15H33N5O2S/c1-13(2)20(14(3)4)11-8-18-15(16-5)17-7-10-19-9-6-12-23(19,21)22/h13-14H,6-12H2,1-5H3,(H2,16,17,18). The normalized spacial score (nSPS) is 19.0. The van der Waals surface area contributed by atoms with Crippen LogP contribution in [0.3, 0.4) is 0 Å². The van der Waals surface area contributed by atoms with Crippen LogP contribution in [0.4, 0.5) is 0 Å². The molecule has 0 aliphatic carbocycles. The summed E-state index contributed by atoms with van der Waals surface area (Å²) in [6.07, 6.45) is 0.732. The molecule has 7 nitrogen and oxygen atoms in total. The van der Waals surface area contributed by atoms with Gasteiger partial charge in [0, 0.05) is 51.9 Å². The highest BCUT2D eigenvalue weighted by Crippen LogP contribution is 2.11. The molecule has 1 heterocycles. The Labute approximate surface area is 141 Å². The topological polar surface area (TPSA) is 77.0 Å². The van der Waals surface area contributed by atoms with E-state index >= 15 is 0 Å². The van der Waals surface area contributed by atoms with Gasteiger partial charge in [-0.05, 0) is 34.1 Å². The highest BCUT2D eigenvalue weighted by molar-refractivity contribution is 7.89. The van der Waals surface area contributed by atoms with Crippen molar-refractivity contribution in [3.05, 3.63) is 0 Å². The first kappa shape index (κ1) is 20.2. The fourth-order valence-electron chi connectivity index (χ4n) is 2.88. The Kier molecular flexibility index (Phi) is 8.28. The number of nitrogens with zero attached hydrogens (tertiary/aromatic N) is 3. The molecule has 1 aliphatic heterocycles. The number of guanidine groups is 1. The van der Waals surface area contributed by atoms with Crippen LogP contribution in [-0.2, 0) is 10.0 Å². The fraction of sp³-hybridized carbons (Fsp3) is 0.933. The molecule has 8 heteroatoms. The Balaban J connectivity index is 2.30. The van der Waals surface area contributed by atoms with Gasteiger partial charge in [-0.2, -0.15) is 0 Å². The van der Waals surface area contributed by atoms with E-state index in [2.05, 4.69) is 48.2 Å². The quantitative estimate of drug-likeness (QED) is 0.488. The van der Waals surface area contributed by atoms with Gasteiger partial charge in [-0.25, -0.2) is 12.7 Å². The maximum Gasteiger partial charge on any atom is 0.214 e. The number of hydrogen-bond donors (Lipinski definition) is 2. The van der Waals surface area contributed by atoms with E-state index in [4.69, 9.17) is 0 Å². The van der Waals surface area contributed by atoms with Crippen LogP contribution in [0.1, 0.15) is 34.1 Å². The molecule has 1 rings (SSSR count). The van der Waals surface area contributed by atoms with Crippen molar-refractivity contribution >= 4 is 16.0 Å². The zero-order valence-corrected chi connectivity index (χ0v) is 16.0. The number of nitrogens with one attached hydrogen (secondary N) is 2. The third-order valence-electron chi connectivity index (χ3n) is 4.07. The molecule has 0 aromatic rings. The molecule has 136 valence electrons. The van der Waals surface area contributed by atoms with Crippen LogP contribution in [0.25, 0.3) is 0 Å². The predicted molar refractivity (Wildman–Crippen MR) is 96.3 cm³/mol. The van der Waals surface area contributed by atoms with Gasteiger partial charge in [0.25, 0.3) is 0 Å². The second-order valence-corrected chi connectivity index (χ2v) is 8.51. The fourth-order valence-corrected chi connectivity index (χ4v) is 4.41. The van der Waals surface area contributed by atoms with E-state index in [0.717, 1.165) is 19.5 Å². The minimum Gasteiger partial charge on any atom is -0.355 e. The summed E-state index contributed by atoms with van der Waals surface area (Å²) in [6, 6.07) is 1.01. The molecule has 1 aliphatic rings. The number of aliphatic imine (C=N–C) groups is 1. The Hall–Kier alpha value is -0.860.